The van der Waals surface area contributed by atoms with Gasteiger partial charge in [0.2, 0.25) is 0 Å². The molecule has 0 fully saturated rings. The SMILES string of the molecule is O=C(NCc1cncc([N+](=O)[O-])c1)OCc1ccccc1. The highest BCUT2D eigenvalue weighted by molar-refractivity contribution is 5.67. The van der Waals surface area contributed by atoms with Crippen molar-refractivity contribution in [1.82, 2.24) is 10.3 Å². The second-order valence-electron chi connectivity index (χ2n) is 4.22. The van der Waals surface area contributed by atoms with Gasteiger partial charge < -0.3 is 10.1 Å². The van der Waals surface area contributed by atoms with Gasteiger partial charge in [0.25, 0.3) is 5.69 Å². The van der Waals surface area contributed by atoms with Gasteiger partial charge >= 0.3 is 6.09 Å². The molecule has 0 bridgehead atoms. The van der Waals surface area contributed by atoms with Crippen molar-refractivity contribution in [2.24, 2.45) is 0 Å². The van der Waals surface area contributed by atoms with E-state index >= 15 is 0 Å². The predicted octanol–water partition coefficient (Wildman–Crippen LogP) is 2.42. The molecule has 1 aromatic carbocycles. The lowest BCUT2D eigenvalue weighted by atomic mass is 10.2. The van der Waals surface area contributed by atoms with E-state index in [0.717, 1.165) is 11.8 Å². The summed E-state index contributed by atoms with van der Waals surface area (Å²) in [5.41, 5.74) is 1.29. The summed E-state index contributed by atoms with van der Waals surface area (Å²) in [5.74, 6) is 0. The normalized spacial score (nSPS) is 9.90. The monoisotopic (exact) mass is 287 g/mol. The molecule has 0 aliphatic rings. The first-order valence-corrected chi connectivity index (χ1v) is 6.18. The second-order valence-corrected chi connectivity index (χ2v) is 4.22. The maximum absolute atomic E-state index is 11.5. The lowest BCUT2D eigenvalue weighted by Crippen LogP contribution is -2.23. The Hall–Kier alpha value is -2.96. The number of carbonyl (C=O) groups is 1. The highest BCUT2D eigenvalue weighted by Gasteiger charge is 2.08. The van der Waals surface area contributed by atoms with E-state index in [1.807, 2.05) is 30.3 Å². The summed E-state index contributed by atoms with van der Waals surface area (Å²) >= 11 is 0. The van der Waals surface area contributed by atoms with Crippen molar-refractivity contribution in [3.05, 3.63) is 70.0 Å². The van der Waals surface area contributed by atoms with E-state index < -0.39 is 11.0 Å². The van der Waals surface area contributed by atoms with Gasteiger partial charge in [0.1, 0.15) is 12.8 Å². The molecule has 2 rings (SSSR count). The minimum Gasteiger partial charge on any atom is -0.445 e. The predicted molar refractivity (Wildman–Crippen MR) is 74.4 cm³/mol. The van der Waals surface area contributed by atoms with Crippen molar-refractivity contribution < 1.29 is 14.5 Å². The van der Waals surface area contributed by atoms with Crippen molar-refractivity contribution in [3.8, 4) is 0 Å². The summed E-state index contributed by atoms with van der Waals surface area (Å²) in [6, 6.07) is 10.6. The van der Waals surface area contributed by atoms with Gasteiger partial charge in [-0.05, 0) is 11.1 Å². The number of hydrogen-bond donors (Lipinski definition) is 1. The van der Waals surface area contributed by atoms with Crippen LogP contribution < -0.4 is 5.32 Å². The van der Waals surface area contributed by atoms with Crippen molar-refractivity contribution in [3.63, 3.8) is 0 Å². The third-order valence-electron chi connectivity index (χ3n) is 2.64. The Bertz CT molecular complexity index is 631. The van der Waals surface area contributed by atoms with Gasteiger partial charge in [-0.3, -0.25) is 15.1 Å². The molecule has 0 spiro atoms. The molecule has 7 nitrogen and oxygen atoms in total. The molecule has 7 heteroatoms. The molecule has 1 aromatic heterocycles. The molecule has 0 radical (unpaired) electrons. The molecule has 0 saturated carbocycles. The van der Waals surface area contributed by atoms with Crippen molar-refractivity contribution in [1.29, 1.82) is 0 Å². The molecule has 2 aromatic rings. The van der Waals surface area contributed by atoms with Crippen LogP contribution in [-0.2, 0) is 17.9 Å². The number of ether oxygens (including phenoxy) is 1. The molecule has 21 heavy (non-hydrogen) atoms. The van der Waals surface area contributed by atoms with E-state index in [1.54, 1.807) is 0 Å². The third-order valence-corrected chi connectivity index (χ3v) is 2.64. The number of nitro groups is 1. The van der Waals surface area contributed by atoms with E-state index in [1.165, 1.54) is 12.3 Å². The molecule has 0 atom stereocenters. The average Bonchev–Trinajstić information content (AvgIpc) is 2.52. The number of aromatic nitrogens is 1. The fourth-order valence-corrected chi connectivity index (χ4v) is 1.62. The minimum atomic E-state index is -0.592. The van der Waals surface area contributed by atoms with Gasteiger partial charge in [-0.25, -0.2) is 4.79 Å². The third kappa shape index (κ3) is 4.57. The number of nitrogens with one attached hydrogen (secondary N) is 1. The lowest BCUT2D eigenvalue weighted by Gasteiger charge is -2.06. The van der Waals surface area contributed by atoms with Gasteiger partial charge in [-0.2, -0.15) is 0 Å². The highest BCUT2D eigenvalue weighted by atomic mass is 16.6. The first kappa shape index (κ1) is 14.4. The van der Waals surface area contributed by atoms with Crippen molar-refractivity contribution in [2.45, 2.75) is 13.2 Å². The fraction of sp³-hybridized carbons (Fsp3) is 0.143. The standard InChI is InChI=1S/C14H13N3O4/c18-14(21-10-11-4-2-1-3-5-11)16-8-12-6-13(17(19)20)9-15-7-12/h1-7,9H,8,10H2,(H,16,18). The van der Waals surface area contributed by atoms with Crippen LogP contribution in [0.2, 0.25) is 0 Å². The van der Waals surface area contributed by atoms with Crippen LogP contribution in [0.4, 0.5) is 10.5 Å². The van der Waals surface area contributed by atoms with E-state index in [0.29, 0.717) is 5.56 Å². The van der Waals surface area contributed by atoms with Crippen LogP contribution in [0.5, 0.6) is 0 Å². The topological polar surface area (TPSA) is 94.4 Å². The van der Waals surface area contributed by atoms with E-state index in [-0.39, 0.29) is 18.8 Å². The van der Waals surface area contributed by atoms with Crippen LogP contribution in [0.25, 0.3) is 0 Å². The Morgan fingerprint density at radius 1 is 1.24 bits per heavy atom. The van der Waals surface area contributed by atoms with E-state index in [2.05, 4.69) is 10.3 Å². The molecular formula is C14H13N3O4. The van der Waals surface area contributed by atoms with Crippen LogP contribution in [0.1, 0.15) is 11.1 Å². The van der Waals surface area contributed by atoms with E-state index in [9.17, 15) is 14.9 Å². The minimum absolute atomic E-state index is 0.113. The zero-order chi connectivity index (χ0) is 15.1. The summed E-state index contributed by atoms with van der Waals surface area (Å²) in [6.45, 7) is 0.280. The van der Waals surface area contributed by atoms with Crippen molar-refractivity contribution >= 4 is 11.8 Å². The summed E-state index contributed by atoms with van der Waals surface area (Å²) in [6.07, 6.45) is 2.01. The van der Waals surface area contributed by atoms with Crippen LogP contribution in [0, 0.1) is 10.1 Å². The molecule has 0 unspecified atom stereocenters. The zero-order valence-corrected chi connectivity index (χ0v) is 11.1. The van der Waals surface area contributed by atoms with Gasteiger partial charge in [0.05, 0.1) is 4.92 Å². The number of hydrogen-bond acceptors (Lipinski definition) is 5. The number of rotatable bonds is 5. The molecular weight excluding hydrogens is 274 g/mol. The number of carbonyl (C=O) groups excluding carboxylic acids is 1. The van der Waals surface area contributed by atoms with Crippen LogP contribution >= 0.6 is 0 Å². The zero-order valence-electron chi connectivity index (χ0n) is 11.1. The summed E-state index contributed by atoms with van der Waals surface area (Å²) in [5, 5.41) is 13.1. The van der Waals surface area contributed by atoms with Gasteiger partial charge in [-0.1, -0.05) is 30.3 Å². The Morgan fingerprint density at radius 3 is 2.71 bits per heavy atom. The highest BCUT2D eigenvalue weighted by Crippen LogP contribution is 2.10. The largest absolute Gasteiger partial charge is 0.445 e. The molecule has 0 saturated heterocycles. The number of nitrogens with zero attached hydrogens (tertiary/aromatic N) is 2. The number of alkyl carbamates (subject to hydrolysis) is 1. The quantitative estimate of drug-likeness (QED) is 0.673. The Kier molecular flexibility index (Phi) is 4.81. The van der Waals surface area contributed by atoms with Crippen LogP contribution in [0.3, 0.4) is 0 Å². The summed E-state index contributed by atoms with van der Waals surface area (Å²) in [7, 11) is 0. The van der Waals surface area contributed by atoms with Gasteiger partial charge in [-0.15, -0.1) is 0 Å². The molecule has 1 amide bonds. The number of pyridine rings is 1. The number of amides is 1. The second kappa shape index (κ2) is 6.99. The smallest absolute Gasteiger partial charge is 0.407 e. The summed E-state index contributed by atoms with van der Waals surface area (Å²) < 4.78 is 5.02. The average molecular weight is 287 g/mol. The van der Waals surface area contributed by atoms with Crippen LogP contribution in [-0.4, -0.2) is 16.0 Å². The molecule has 108 valence electrons. The van der Waals surface area contributed by atoms with Gasteiger partial charge in [0.15, 0.2) is 0 Å². The molecule has 1 heterocycles. The van der Waals surface area contributed by atoms with Crippen LogP contribution in [0.15, 0.2) is 48.8 Å². The molecule has 1 N–H and O–H groups in total. The van der Waals surface area contributed by atoms with Crippen molar-refractivity contribution in [2.75, 3.05) is 0 Å². The Morgan fingerprint density at radius 2 is 2.00 bits per heavy atom. The maximum atomic E-state index is 11.5. The first-order chi connectivity index (χ1) is 10.1. The summed E-state index contributed by atoms with van der Waals surface area (Å²) in [4.78, 5) is 25.3. The number of benzene rings is 1. The Labute approximate surface area is 120 Å². The fourth-order valence-electron chi connectivity index (χ4n) is 1.62. The first-order valence-electron chi connectivity index (χ1n) is 6.18. The molecule has 0 aliphatic heterocycles. The Balaban J connectivity index is 1.81. The van der Waals surface area contributed by atoms with E-state index in [4.69, 9.17) is 4.74 Å². The molecule has 0 aliphatic carbocycles. The van der Waals surface area contributed by atoms with Gasteiger partial charge in [0, 0.05) is 18.8 Å². The maximum Gasteiger partial charge on any atom is 0.407 e. The lowest BCUT2D eigenvalue weighted by molar-refractivity contribution is -0.385.